The lowest BCUT2D eigenvalue weighted by Crippen LogP contribution is -2.42. The molecule has 0 aliphatic carbocycles. The van der Waals surface area contributed by atoms with Crippen LogP contribution in [0.3, 0.4) is 0 Å². The minimum atomic E-state index is -0.149. The van der Waals surface area contributed by atoms with Crippen molar-refractivity contribution in [2.24, 2.45) is 5.92 Å². The van der Waals surface area contributed by atoms with Crippen molar-refractivity contribution in [3.8, 4) is 0 Å². The van der Waals surface area contributed by atoms with Crippen LogP contribution in [0.25, 0.3) is 0 Å². The van der Waals surface area contributed by atoms with Gasteiger partial charge in [0.25, 0.3) is 0 Å². The van der Waals surface area contributed by atoms with Crippen molar-refractivity contribution in [3.63, 3.8) is 0 Å². The van der Waals surface area contributed by atoms with Crippen LogP contribution in [0.5, 0.6) is 0 Å². The normalized spacial score (nSPS) is 22.3. The molecular formula is C17H26N2O3. The van der Waals surface area contributed by atoms with Gasteiger partial charge in [0.05, 0.1) is 6.10 Å². The average Bonchev–Trinajstić information content (AvgIpc) is 3.00. The number of ether oxygens (including phenoxy) is 1. The van der Waals surface area contributed by atoms with Gasteiger partial charge in [0.1, 0.15) is 0 Å². The molecule has 0 saturated carbocycles. The number of urea groups is 1. The lowest BCUT2D eigenvalue weighted by Gasteiger charge is -2.20. The van der Waals surface area contributed by atoms with E-state index in [-0.39, 0.29) is 24.8 Å². The monoisotopic (exact) mass is 306 g/mol. The van der Waals surface area contributed by atoms with Gasteiger partial charge in [0.2, 0.25) is 0 Å². The summed E-state index contributed by atoms with van der Waals surface area (Å²) in [5, 5.41) is 14.6. The van der Waals surface area contributed by atoms with Gasteiger partial charge in [-0.1, -0.05) is 30.3 Å². The highest BCUT2D eigenvalue weighted by molar-refractivity contribution is 5.74. The molecule has 5 heteroatoms. The molecule has 122 valence electrons. The number of rotatable bonds is 7. The van der Waals surface area contributed by atoms with Gasteiger partial charge in [0.15, 0.2) is 0 Å². The summed E-state index contributed by atoms with van der Waals surface area (Å²) in [6.07, 6.45) is 2.50. The lowest BCUT2D eigenvalue weighted by molar-refractivity contribution is 0.0909. The number of nitrogens with one attached hydrogen (secondary N) is 2. The molecular weight excluding hydrogens is 280 g/mol. The second-order valence-electron chi connectivity index (χ2n) is 5.87. The van der Waals surface area contributed by atoms with Crippen molar-refractivity contribution in [1.29, 1.82) is 0 Å². The number of carbonyl (C=O) groups is 1. The summed E-state index contributed by atoms with van der Waals surface area (Å²) >= 11 is 0. The van der Waals surface area contributed by atoms with Gasteiger partial charge in [-0.2, -0.15) is 0 Å². The Balaban J connectivity index is 1.77. The Bertz CT molecular complexity index is 452. The third-order valence-corrected chi connectivity index (χ3v) is 4.04. The molecule has 1 saturated heterocycles. The fourth-order valence-electron chi connectivity index (χ4n) is 2.82. The van der Waals surface area contributed by atoms with Crippen LogP contribution >= 0.6 is 0 Å². The summed E-state index contributed by atoms with van der Waals surface area (Å²) < 4.78 is 5.82. The van der Waals surface area contributed by atoms with Crippen molar-refractivity contribution in [1.82, 2.24) is 10.6 Å². The highest BCUT2D eigenvalue weighted by atomic mass is 16.5. The molecule has 1 aromatic carbocycles. The number of amides is 2. The van der Waals surface area contributed by atoms with Crippen LogP contribution in [0.1, 0.15) is 37.9 Å². The van der Waals surface area contributed by atoms with E-state index in [1.807, 2.05) is 25.1 Å². The van der Waals surface area contributed by atoms with Crippen molar-refractivity contribution in [2.45, 2.75) is 38.3 Å². The summed E-state index contributed by atoms with van der Waals surface area (Å²) in [5.41, 5.74) is 1.17. The molecule has 22 heavy (non-hydrogen) atoms. The number of hydrogen-bond acceptors (Lipinski definition) is 3. The fraction of sp³-hybridized carbons (Fsp3) is 0.588. The molecule has 2 rings (SSSR count). The van der Waals surface area contributed by atoms with Crippen LogP contribution in [0.15, 0.2) is 30.3 Å². The van der Waals surface area contributed by atoms with Crippen LogP contribution in [0.4, 0.5) is 4.79 Å². The summed E-state index contributed by atoms with van der Waals surface area (Å²) in [6.45, 7) is 3.45. The number of hydrogen-bond donors (Lipinski definition) is 3. The third kappa shape index (κ3) is 5.00. The standard InChI is InChI=1S/C17H26N2O3/c1-13(6-5-10-20)19-17(21)18-12-15-9-11-22-16(15)14-7-3-2-4-8-14/h2-4,7-8,13,15-16,20H,5-6,9-12H2,1H3,(H2,18,19,21)/t13-,15-,16-/m1/s1. The maximum absolute atomic E-state index is 11.9. The Morgan fingerprint density at radius 2 is 2.18 bits per heavy atom. The molecule has 3 atom stereocenters. The van der Waals surface area contributed by atoms with Crippen LogP contribution in [0.2, 0.25) is 0 Å². The fourth-order valence-corrected chi connectivity index (χ4v) is 2.82. The van der Waals surface area contributed by atoms with E-state index in [1.165, 1.54) is 5.56 Å². The zero-order chi connectivity index (χ0) is 15.8. The highest BCUT2D eigenvalue weighted by Gasteiger charge is 2.29. The van der Waals surface area contributed by atoms with E-state index in [0.29, 0.717) is 18.9 Å². The Labute approximate surface area is 132 Å². The molecule has 5 nitrogen and oxygen atoms in total. The summed E-state index contributed by atoms with van der Waals surface area (Å²) in [7, 11) is 0. The number of aliphatic hydroxyl groups is 1. The maximum Gasteiger partial charge on any atom is 0.315 e. The van der Waals surface area contributed by atoms with Crippen LogP contribution in [-0.4, -0.2) is 36.9 Å². The second-order valence-corrected chi connectivity index (χ2v) is 5.87. The predicted octanol–water partition coefficient (Wildman–Crippen LogP) is 2.22. The van der Waals surface area contributed by atoms with Crippen molar-refractivity contribution in [3.05, 3.63) is 35.9 Å². The van der Waals surface area contributed by atoms with Gasteiger partial charge in [0, 0.05) is 31.7 Å². The van der Waals surface area contributed by atoms with E-state index in [9.17, 15) is 4.79 Å². The van der Waals surface area contributed by atoms with Crippen LogP contribution in [-0.2, 0) is 4.74 Å². The van der Waals surface area contributed by atoms with E-state index < -0.39 is 0 Å². The number of benzene rings is 1. The second kappa shape index (κ2) is 8.76. The molecule has 0 spiro atoms. The third-order valence-electron chi connectivity index (χ3n) is 4.04. The van der Waals surface area contributed by atoms with Gasteiger partial charge in [-0.3, -0.25) is 0 Å². The van der Waals surface area contributed by atoms with E-state index in [1.54, 1.807) is 0 Å². The van der Waals surface area contributed by atoms with E-state index in [4.69, 9.17) is 9.84 Å². The number of aliphatic hydroxyl groups excluding tert-OH is 1. The SMILES string of the molecule is C[C@H](CCCO)NC(=O)NC[C@H]1CCO[C@@H]1c1ccccc1. The van der Waals surface area contributed by atoms with Gasteiger partial charge < -0.3 is 20.5 Å². The maximum atomic E-state index is 11.9. The van der Waals surface area contributed by atoms with Gasteiger partial charge in [-0.15, -0.1) is 0 Å². The molecule has 1 aliphatic heterocycles. The van der Waals surface area contributed by atoms with E-state index >= 15 is 0 Å². The first-order valence-corrected chi connectivity index (χ1v) is 8.02. The molecule has 1 aromatic rings. The molecule has 1 aliphatic rings. The first kappa shape index (κ1) is 16.8. The minimum Gasteiger partial charge on any atom is -0.396 e. The van der Waals surface area contributed by atoms with Gasteiger partial charge in [-0.25, -0.2) is 4.79 Å². The largest absolute Gasteiger partial charge is 0.396 e. The van der Waals surface area contributed by atoms with Crippen LogP contribution in [0, 0.1) is 5.92 Å². The van der Waals surface area contributed by atoms with Crippen molar-refractivity contribution >= 4 is 6.03 Å². The highest BCUT2D eigenvalue weighted by Crippen LogP contribution is 2.33. The Morgan fingerprint density at radius 3 is 2.91 bits per heavy atom. The smallest absolute Gasteiger partial charge is 0.315 e. The van der Waals surface area contributed by atoms with Crippen molar-refractivity contribution in [2.75, 3.05) is 19.8 Å². The molecule has 3 N–H and O–H groups in total. The molecule has 1 fully saturated rings. The molecule has 2 amide bonds. The lowest BCUT2D eigenvalue weighted by atomic mass is 9.95. The summed E-state index contributed by atoms with van der Waals surface area (Å²) in [6, 6.07) is 10.1. The Morgan fingerprint density at radius 1 is 1.41 bits per heavy atom. The molecule has 0 unspecified atom stereocenters. The zero-order valence-corrected chi connectivity index (χ0v) is 13.1. The molecule has 0 aromatic heterocycles. The molecule has 0 radical (unpaired) electrons. The average molecular weight is 306 g/mol. The van der Waals surface area contributed by atoms with E-state index in [2.05, 4.69) is 22.8 Å². The molecule has 1 heterocycles. The Kier molecular flexibility index (Phi) is 6.68. The zero-order valence-electron chi connectivity index (χ0n) is 13.1. The first-order valence-electron chi connectivity index (χ1n) is 8.02. The Hall–Kier alpha value is -1.59. The molecule has 0 bridgehead atoms. The predicted molar refractivity (Wildman–Crippen MR) is 85.6 cm³/mol. The summed E-state index contributed by atoms with van der Waals surface area (Å²) in [5.74, 6) is 0.306. The number of carbonyl (C=O) groups excluding carboxylic acids is 1. The van der Waals surface area contributed by atoms with E-state index in [0.717, 1.165) is 19.4 Å². The summed E-state index contributed by atoms with van der Waals surface area (Å²) in [4.78, 5) is 11.9. The first-order chi connectivity index (χ1) is 10.7. The topological polar surface area (TPSA) is 70.6 Å². The quantitative estimate of drug-likeness (QED) is 0.723. The van der Waals surface area contributed by atoms with Crippen LogP contribution < -0.4 is 10.6 Å². The van der Waals surface area contributed by atoms with Gasteiger partial charge in [-0.05, 0) is 31.7 Å². The minimum absolute atomic E-state index is 0.0633. The van der Waals surface area contributed by atoms with Gasteiger partial charge >= 0.3 is 6.03 Å². The van der Waals surface area contributed by atoms with Crippen molar-refractivity contribution < 1.29 is 14.6 Å².